The van der Waals surface area contributed by atoms with Gasteiger partial charge in [0.2, 0.25) is 0 Å². The molecule has 5 heterocycles. The van der Waals surface area contributed by atoms with Gasteiger partial charge in [-0.3, -0.25) is 15.0 Å². The van der Waals surface area contributed by atoms with Gasteiger partial charge in [0, 0.05) is 59.7 Å². The topological polar surface area (TPSA) is 56.7 Å². The number of nitrogens with zero attached hydrogens (tertiary/aromatic N) is 5. The minimum atomic E-state index is -0.0200. The quantitative estimate of drug-likeness (QED) is 0.137. The van der Waals surface area contributed by atoms with Crippen molar-refractivity contribution in [3.63, 3.8) is 0 Å². The number of pyridine rings is 3. The standard InChI is InChI=1S/C33H23N5O.Pt/c1-33(2,3)27-5-4-6-29-30(27)23-10-8-21(18-25(23)32-36-14-16-38(29)32)39-20-7-9-22-24(17-20)31-35-13-15-37(31)28-11-12-34-19-26(22)28;/h4-16,19H,1-3H3;/q-2;+2. The summed E-state index contributed by atoms with van der Waals surface area (Å²) >= 11 is 0. The first kappa shape index (κ1) is 24.7. The van der Waals surface area contributed by atoms with Crippen molar-refractivity contribution < 1.29 is 25.8 Å². The largest absolute Gasteiger partial charge is 2.00 e. The number of ether oxygens (including phenoxy) is 1. The zero-order chi connectivity index (χ0) is 26.3. The van der Waals surface area contributed by atoms with E-state index < -0.39 is 0 Å². The van der Waals surface area contributed by atoms with E-state index in [1.807, 2.05) is 43.0 Å². The minimum Gasteiger partial charge on any atom is -0.497 e. The number of fused-ring (bicyclic) bond motifs is 12. The molecule has 7 heteroatoms. The number of hydrogen-bond donors (Lipinski definition) is 0. The molecular weight excluding hydrogens is 677 g/mol. The Bertz CT molecular complexity index is 2260. The van der Waals surface area contributed by atoms with Crippen molar-refractivity contribution in [2.45, 2.75) is 26.2 Å². The molecule has 0 bridgehead atoms. The molecule has 0 aliphatic rings. The molecular formula is C33H23N5OPt. The molecule has 0 saturated carbocycles. The third-order valence-electron chi connectivity index (χ3n) is 7.51. The average Bonchev–Trinajstić information content (AvgIpc) is 3.63. The minimum absolute atomic E-state index is 0. The Kier molecular flexibility index (Phi) is 5.48. The SMILES string of the molecule is CC(C)(C)c1cccc2c1c1ccc(Oc3[c-]c4c(cc3)c3cnccc3n3ccnc43)[c-]c1c1nccn21.[Pt+2]. The van der Waals surface area contributed by atoms with E-state index in [-0.39, 0.29) is 26.5 Å². The van der Waals surface area contributed by atoms with E-state index in [1.165, 1.54) is 10.9 Å². The molecule has 0 spiro atoms. The van der Waals surface area contributed by atoms with Gasteiger partial charge in [0.05, 0.1) is 11.3 Å². The van der Waals surface area contributed by atoms with Gasteiger partial charge in [0.25, 0.3) is 0 Å². The Labute approximate surface area is 244 Å². The third-order valence-corrected chi connectivity index (χ3v) is 7.51. The molecule has 6 nitrogen and oxygen atoms in total. The van der Waals surface area contributed by atoms with Crippen molar-refractivity contribution >= 4 is 54.6 Å². The fraction of sp³-hybridized carbons (Fsp3) is 0.121. The summed E-state index contributed by atoms with van der Waals surface area (Å²) in [6, 6.07) is 23.6. The van der Waals surface area contributed by atoms with Crippen LogP contribution in [0.1, 0.15) is 26.3 Å². The van der Waals surface area contributed by atoms with Crippen molar-refractivity contribution in [2.24, 2.45) is 0 Å². The molecule has 0 aliphatic heterocycles. The van der Waals surface area contributed by atoms with Crippen molar-refractivity contribution in [1.29, 1.82) is 0 Å². The first-order chi connectivity index (χ1) is 19.0. The van der Waals surface area contributed by atoms with E-state index in [1.54, 1.807) is 12.4 Å². The van der Waals surface area contributed by atoms with Crippen molar-refractivity contribution in [3.8, 4) is 11.5 Å². The van der Waals surface area contributed by atoms with E-state index in [2.05, 4.69) is 87.0 Å². The summed E-state index contributed by atoms with van der Waals surface area (Å²) in [5.41, 5.74) is 5.15. The Hall–Kier alpha value is -4.28. The first-order valence-corrected chi connectivity index (χ1v) is 12.9. The van der Waals surface area contributed by atoms with Crippen molar-refractivity contribution in [1.82, 2.24) is 23.8 Å². The number of rotatable bonds is 2. The maximum Gasteiger partial charge on any atom is 2.00 e. The number of hydrogen-bond acceptors (Lipinski definition) is 4. The molecule has 0 radical (unpaired) electrons. The first-order valence-electron chi connectivity index (χ1n) is 12.9. The zero-order valence-corrected chi connectivity index (χ0v) is 24.3. The van der Waals surface area contributed by atoms with Gasteiger partial charge in [-0.1, -0.05) is 78.7 Å². The molecule has 0 saturated heterocycles. The van der Waals surface area contributed by atoms with Gasteiger partial charge in [-0.15, -0.1) is 12.1 Å². The molecule has 0 fully saturated rings. The summed E-state index contributed by atoms with van der Waals surface area (Å²) < 4.78 is 10.6. The van der Waals surface area contributed by atoms with E-state index in [0.717, 1.165) is 49.3 Å². The Morgan fingerprint density at radius 3 is 2.05 bits per heavy atom. The summed E-state index contributed by atoms with van der Waals surface area (Å²) in [4.78, 5) is 13.6. The maximum atomic E-state index is 6.37. The van der Waals surface area contributed by atoms with Crippen molar-refractivity contribution in [2.75, 3.05) is 0 Å². The molecule has 40 heavy (non-hydrogen) atoms. The molecule has 0 unspecified atom stereocenters. The summed E-state index contributed by atoms with van der Waals surface area (Å²) in [7, 11) is 0. The van der Waals surface area contributed by atoms with E-state index in [4.69, 9.17) is 4.74 Å². The molecule has 196 valence electrons. The predicted molar refractivity (Wildman–Crippen MR) is 155 cm³/mol. The fourth-order valence-electron chi connectivity index (χ4n) is 5.79. The molecule has 5 aromatic heterocycles. The van der Waals surface area contributed by atoms with E-state index in [0.29, 0.717) is 11.5 Å². The van der Waals surface area contributed by atoms with Crippen LogP contribution in [-0.2, 0) is 26.5 Å². The van der Waals surface area contributed by atoms with Crippen LogP contribution in [0.25, 0.3) is 54.6 Å². The van der Waals surface area contributed by atoms with Gasteiger partial charge >= 0.3 is 21.1 Å². The molecule has 8 aromatic rings. The van der Waals surface area contributed by atoms with E-state index >= 15 is 0 Å². The molecule has 8 rings (SSSR count). The van der Waals surface area contributed by atoms with Crippen LogP contribution < -0.4 is 4.74 Å². The van der Waals surface area contributed by atoms with Crippen LogP contribution >= 0.6 is 0 Å². The van der Waals surface area contributed by atoms with Gasteiger partial charge in [-0.2, -0.15) is 0 Å². The summed E-state index contributed by atoms with van der Waals surface area (Å²) in [6.45, 7) is 6.75. The number of benzene rings is 3. The fourth-order valence-corrected chi connectivity index (χ4v) is 5.79. The molecule has 3 aromatic carbocycles. The second kappa shape index (κ2) is 8.87. The second-order valence-electron chi connectivity index (χ2n) is 10.9. The summed E-state index contributed by atoms with van der Waals surface area (Å²) in [5.74, 6) is 1.21. The summed E-state index contributed by atoms with van der Waals surface area (Å²) in [6.07, 6.45) is 11.3. The zero-order valence-electron chi connectivity index (χ0n) is 22.0. The molecule has 0 N–H and O–H groups in total. The number of aromatic nitrogens is 5. The van der Waals surface area contributed by atoms with Crippen LogP contribution in [0.3, 0.4) is 0 Å². The molecule has 0 atom stereocenters. The van der Waals surface area contributed by atoms with Crippen LogP contribution in [0, 0.1) is 12.1 Å². The van der Waals surface area contributed by atoms with Crippen molar-refractivity contribution in [3.05, 3.63) is 103 Å². The number of imidazole rings is 2. The smallest absolute Gasteiger partial charge is 0.497 e. The van der Waals surface area contributed by atoms with E-state index in [9.17, 15) is 0 Å². The average molecular weight is 701 g/mol. The Balaban J connectivity index is 0.00000264. The third kappa shape index (κ3) is 3.56. The van der Waals surface area contributed by atoms with Gasteiger partial charge in [-0.05, 0) is 33.9 Å². The summed E-state index contributed by atoms with van der Waals surface area (Å²) in [5, 5.41) is 6.22. The van der Waals surface area contributed by atoms with Gasteiger partial charge in [0.1, 0.15) is 0 Å². The second-order valence-corrected chi connectivity index (χ2v) is 10.9. The normalized spacial score (nSPS) is 12.2. The molecule has 0 amide bonds. The monoisotopic (exact) mass is 700 g/mol. The predicted octanol–water partition coefficient (Wildman–Crippen LogP) is 7.68. The Morgan fingerprint density at radius 2 is 1.35 bits per heavy atom. The molecule has 0 aliphatic carbocycles. The van der Waals surface area contributed by atoms with Gasteiger partial charge < -0.3 is 13.5 Å². The Morgan fingerprint density at radius 1 is 0.700 bits per heavy atom. The van der Waals surface area contributed by atoms with Crippen LogP contribution in [0.5, 0.6) is 11.5 Å². The van der Waals surface area contributed by atoms with Crippen LogP contribution in [0.15, 0.2) is 85.7 Å². The van der Waals surface area contributed by atoms with Crippen LogP contribution in [0.4, 0.5) is 0 Å². The van der Waals surface area contributed by atoms with Gasteiger partial charge in [0.15, 0.2) is 0 Å². The van der Waals surface area contributed by atoms with Gasteiger partial charge in [-0.25, -0.2) is 0 Å². The van der Waals surface area contributed by atoms with Crippen LogP contribution in [-0.4, -0.2) is 23.8 Å². The van der Waals surface area contributed by atoms with Crippen LogP contribution in [0.2, 0.25) is 0 Å². The maximum absolute atomic E-state index is 6.37.